The molecule has 0 aliphatic heterocycles. The minimum Gasteiger partial charge on any atom is -0.360 e. The molecule has 1 N–H and O–H groups in total. The fourth-order valence-corrected chi connectivity index (χ4v) is 2.52. The third-order valence-electron chi connectivity index (χ3n) is 3.00. The highest BCUT2D eigenvalue weighted by Crippen LogP contribution is 2.21. The van der Waals surface area contributed by atoms with Gasteiger partial charge in [0.05, 0.1) is 0 Å². The molecule has 0 amide bonds. The molecule has 0 saturated carbocycles. The Bertz CT molecular complexity index is 808. The quantitative estimate of drug-likeness (QED) is 0.692. The summed E-state index contributed by atoms with van der Waals surface area (Å²) < 4.78 is 0.888. The van der Waals surface area contributed by atoms with Crippen LogP contribution in [0.1, 0.15) is 0 Å². The summed E-state index contributed by atoms with van der Waals surface area (Å²) in [5, 5.41) is 1.32. The van der Waals surface area contributed by atoms with E-state index < -0.39 is 0 Å². The molecule has 4 heteroatoms. The number of fused-ring (bicyclic) bond motifs is 1. The van der Waals surface area contributed by atoms with Crippen molar-refractivity contribution in [3.05, 3.63) is 68.4 Å². The summed E-state index contributed by atoms with van der Waals surface area (Å²) in [5.74, 6) is 0. The summed E-state index contributed by atoms with van der Waals surface area (Å²) in [6.07, 6.45) is 1.74. The SMILES string of the molecule is O=c1c(-c2ccc(Cl)cc2)c[nH]c2ccc(Br)cc12. The van der Waals surface area contributed by atoms with E-state index in [0.29, 0.717) is 16.0 Å². The van der Waals surface area contributed by atoms with Crippen LogP contribution < -0.4 is 5.43 Å². The Morgan fingerprint density at radius 2 is 1.79 bits per heavy atom. The molecule has 2 aromatic carbocycles. The Hall–Kier alpha value is -1.58. The number of halogens is 2. The van der Waals surface area contributed by atoms with Gasteiger partial charge in [0.25, 0.3) is 0 Å². The largest absolute Gasteiger partial charge is 0.360 e. The topological polar surface area (TPSA) is 32.9 Å². The van der Waals surface area contributed by atoms with Gasteiger partial charge in [-0.05, 0) is 35.9 Å². The normalized spacial score (nSPS) is 10.8. The molecule has 2 nitrogen and oxygen atoms in total. The maximum Gasteiger partial charge on any atom is 0.197 e. The van der Waals surface area contributed by atoms with Crippen LogP contribution in [-0.4, -0.2) is 4.98 Å². The van der Waals surface area contributed by atoms with Crippen LogP contribution in [0.5, 0.6) is 0 Å². The van der Waals surface area contributed by atoms with Gasteiger partial charge < -0.3 is 4.98 Å². The zero-order valence-electron chi connectivity index (χ0n) is 9.78. The highest BCUT2D eigenvalue weighted by molar-refractivity contribution is 9.10. The summed E-state index contributed by atoms with van der Waals surface area (Å²) in [5.41, 5.74) is 2.33. The Morgan fingerprint density at radius 3 is 2.53 bits per heavy atom. The number of nitrogens with one attached hydrogen (secondary N) is 1. The van der Waals surface area contributed by atoms with E-state index >= 15 is 0 Å². The molecule has 0 unspecified atom stereocenters. The van der Waals surface area contributed by atoms with E-state index in [0.717, 1.165) is 15.6 Å². The molecule has 3 rings (SSSR count). The predicted octanol–water partition coefficient (Wildman–Crippen LogP) is 4.61. The molecule has 1 aromatic heterocycles. The van der Waals surface area contributed by atoms with Gasteiger partial charge in [-0.15, -0.1) is 0 Å². The Morgan fingerprint density at radius 1 is 1.05 bits per heavy atom. The van der Waals surface area contributed by atoms with Crippen molar-refractivity contribution in [2.45, 2.75) is 0 Å². The lowest BCUT2D eigenvalue weighted by atomic mass is 10.0. The standard InChI is InChI=1S/C15H9BrClNO/c16-10-3-6-14-12(7-10)15(19)13(8-18-14)9-1-4-11(17)5-2-9/h1-8H,(H,18,19). The van der Waals surface area contributed by atoms with Crippen LogP contribution in [0.4, 0.5) is 0 Å². The van der Waals surface area contributed by atoms with E-state index in [4.69, 9.17) is 11.6 Å². The van der Waals surface area contributed by atoms with E-state index in [2.05, 4.69) is 20.9 Å². The molecular formula is C15H9BrClNO. The summed E-state index contributed by atoms with van der Waals surface area (Å²) in [7, 11) is 0. The van der Waals surface area contributed by atoms with E-state index in [9.17, 15) is 4.79 Å². The van der Waals surface area contributed by atoms with Crippen molar-refractivity contribution in [2.75, 3.05) is 0 Å². The van der Waals surface area contributed by atoms with E-state index in [1.54, 1.807) is 18.3 Å². The summed E-state index contributed by atoms with van der Waals surface area (Å²) in [6.45, 7) is 0. The van der Waals surface area contributed by atoms with Crippen LogP contribution in [0, 0.1) is 0 Å². The molecular weight excluding hydrogens is 326 g/mol. The van der Waals surface area contributed by atoms with Gasteiger partial charge in [-0.25, -0.2) is 0 Å². The smallest absolute Gasteiger partial charge is 0.197 e. The second-order valence-corrected chi connectivity index (χ2v) is 5.58. The first kappa shape index (κ1) is 12.5. The highest BCUT2D eigenvalue weighted by Gasteiger charge is 2.07. The van der Waals surface area contributed by atoms with Gasteiger partial charge in [0.15, 0.2) is 5.43 Å². The van der Waals surface area contributed by atoms with Gasteiger partial charge in [0.1, 0.15) is 0 Å². The molecule has 19 heavy (non-hydrogen) atoms. The van der Waals surface area contributed by atoms with Crippen molar-refractivity contribution in [1.82, 2.24) is 4.98 Å². The van der Waals surface area contributed by atoms with E-state index in [-0.39, 0.29) is 5.43 Å². The lowest BCUT2D eigenvalue weighted by molar-refractivity contribution is 1.38. The minimum atomic E-state index is 0.0115. The molecule has 0 radical (unpaired) electrons. The predicted molar refractivity (Wildman–Crippen MR) is 82.7 cm³/mol. The average Bonchev–Trinajstić information content (AvgIpc) is 2.41. The first-order valence-corrected chi connectivity index (χ1v) is 6.89. The van der Waals surface area contributed by atoms with Crippen LogP contribution in [0.2, 0.25) is 5.02 Å². The first-order valence-electron chi connectivity index (χ1n) is 5.72. The number of pyridine rings is 1. The minimum absolute atomic E-state index is 0.0115. The Kier molecular flexibility index (Phi) is 3.17. The zero-order valence-corrected chi connectivity index (χ0v) is 12.1. The lowest BCUT2D eigenvalue weighted by Gasteiger charge is -2.04. The van der Waals surface area contributed by atoms with Crippen LogP contribution in [0.25, 0.3) is 22.0 Å². The second-order valence-electron chi connectivity index (χ2n) is 4.23. The second kappa shape index (κ2) is 4.83. The Balaban J connectivity index is 2.28. The molecule has 3 aromatic rings. The van der Waals surface area contributed by atoms with Crippen LogP contribution in [0.15, 0.2) is 57.9 Å². The van der Waals surface area contributed by atoms with Gasteiger partial charge >= 0.3 is 0 Å². The molecule has 0 aliphatic rings. The monoisotopic (exact) mass is 333 g/mol. The molecule has 1 heterocycles. The highest BCUT2D eigenvalue weighted by atomic mass is 79.9. The van der Waals surface area contributed by atoms with Crippen molar-refractivity contribution >= 4 is 38.4 Å². The van der Waals surface area contributed by atoms with Crippen molar-refractivity contribution < 1.29 is 0 Å². The third-order valence-corrected chi connectivity index (χ3v) is 3.74. The first-order chi connectivity index (χ1) is 9.15. The maximum absolute atomic E-state index is 12.5. The van der Waals surface area contributed by atoms with Crippen molar-refractivity contribution in [3.8, 4) is 11.1 Å². The molecule has 0 fully saturated rings. The molecule has 0 atom stereocenters. The number of hydrogen-bond acceptors (Lipinski definition) is 1. The number of H-pyrrole nitrogens is 1. The zero-order chi connectivity index (χ0) is 13.4. The van der Waals surface area contributed by atoms with Crippen LogP contribution in [-0.2, 0) is 0 Å². The molecule has 94 valence electrons. The van der Waals surface area contributed by atoms with Crippen molar-refractivity contribution in [1.29, 1.82) is 0 Å². The maximum atomic E-state index is 12.5. The van der Waals surface area contributed by atoms with E-state index in [1.165, 1.54) is 0 Å². The number of aromatic amines is 1. The van der Waals surface area contributed by atoms with Crippen LogP contribution in [0.3, 0.4) is 0 Å². The third kappa shape index (κ3) is 2.31. The molecule has 0 saturated heterocycles. The van der Waals surface area contributed by atoms with E-state index in [1.807, 2.05) is 30.3 Å². The number of aromatic nitrogens is 1. The van der Waals surface area contributed by atoms with Gasteiger partial charge in [-0.3, -0.25) is 4.79 Å². The lowest BCUT2D eigenvalue weighted by Crippen LogP contribution is -2.06. The summed E-state index contributed by atoms with van der Waals surface area (Å²) in [4.78, 5) is 15.6. The van der Waals surface area contributed by atoms with Gasteiger partial charge in [0.2, 0.25) is 0 Å². The summed E-state index contributed by atoms with van der Waals surface area (Å²) >= 11 is 9.25. The average molecular weight is 335 g/mol. The number of rotatable bonds is 1. The summed E-state index contributed by atoms with van der Waals surface area (Å²) in [6, 6.07) is 12.9. The fraction of sp³-hybridized carbons (Fsp3) is 0. The number of hydrogen-bond donors (Lipinski definition) is 1. The fourth-order valence-electron chi connectivity index (χ4n) is 2.03. The van der Waals surface area contributed by atoms with Crippen LogP contribution >= 0.6 is 27.5 Å². The van der Waals surface area contributed by atoms with Crippen molar-refractivity contribution in [2.24, 2.45) is 0 Å². The Labute approximate surface area is 123 Å². The van der Waals surface area contributed by atoms with Gasteiger partial charge in [-0.1, -0.05) is 39.7 Å². The van der Waals surface area contributed by atoms with Crippen molar-refractivity contribution in [3.63, 3.8) is 0 Å². The molecule has 0 spiro atoms. The van der Waals surface area contributed by atoms with Gasteiger partial charge in [-0.2, -0.15) is 0 Å². The van der Waals surface area contributed by atoms with Gasteiger partial charge in [0, 0.05) is 32.2 Å². The molecule has 0 aliphatic carbocycles. The number of benzene rings is 2. The molecule has 0 bridgehead atoms.